The van der Waals surface area contributed by atoms with Crippen LogP contribution in [0.25, 0.3) is 11.2 Å². The third kappa shape index (κ3) is 5.73. The van der Waals surface area contributed by atoms with Crippen LogP contribution in [0.5, 0.6) is 0 Å². The fourth-order valence-corrected chi connectivity index (χ4v) is 5.17. The highest BCUT2D eigenvalue weighted by Crippen LogP contribution is 2.34. The molecule has 0 unspecified atom stereocenters. The van der Waals surface area contributed by atoms with Gasteiger partial charge in [-0.05, 0) is 56.2 Å². The maximum Gasteiger partial charge on any atom is 0.302 e. The molecule has 1 aromatic carbocycles. The number of rotatable bonds is 8. The van der Waals surface area contributed by atoms with Gasteiger partial charge in [0.2, 0.25) is 5.95 Å². The minimum atomic E-state index is -0.256. The van der Waals surface area contributed by atoms with Crippen LogP contribution in [0.2, 0.25) is 0 Å². The number of imidazole rings is 1. The van der Waals surface area contributed by atoms with Crippen LogP contribution in [0.3, 0.4) is 0 Å². The van der Waals surface area contributed by atoms with Gasteiger partial charge in [0.15, 0.2) is 17.0 Å². The van der Waals surface area contributed by atoms with E-state index in [4.69, 9.17) is 25.4 Å². The van der Waals surface area contributed by atoms with E-state index in [1.807, 2.05) is 30.6 Å². The molecular weight excluding hydrogens is 442 g/mol. The summed E-state index contributed by atoms with van der Waals surface area (Å²) in [7, 11) is 0. The summed E-state index contributed by atoms with van der Waals surface area (Å²) in [5, 5.41) is 7.03. The lowest BCUT2D eigenvalue weighted by Gasteiger charge is -2.27. The number of benzene rings is 1. The van der Waals surface area contributed by atoms with Crippen molar-refractivity contribution in [3.8, 4) is 0 Å². The number of nitrogens with one attached hydrogen (secondary N) is 2. The van der Waals surface area contributed by atoms with Crippen LogP contribution < -0.4 is 16.4 Å². The van der Waals surface area contributed by atoms with Gasteiger partial charge in [0.1, 0.15) is 0 Å². The molecule has 0 bridgehead atoms. The van der Waals surface area contributed by atoms with E-state index in [1.165, 1.54) is 19.8 Å². The van der Waals surface area contributed by atoms with Gasteiger partial charge in [-0.2, -0.15) is 9.97 Å². The first-order valence-corrected chi connectivity index (χ1v) is 12.8. The Morgan fingerprint density at radius 1 is 1.09 bits per heavy atom. The number of carbonyl (C=O) groups is 1. The number of nitrogens with two attached hydrogens (primary N) is 1. The van der Waals surface area contributed by atoms with E-state index >= 15 is 0 Å². The Morgan fingerprint density at radius 2 is 1.83 bits per heavy atom. The van der Waals surface area contributed by atoms with Crippen LogP contribution in [0, 0.1) is 0 Å². The molecule has 0 atom stereocenters. The second-order valence-corrected chi connectivity index (χ2v) is 9.83. The predicted octanol–water partition coefficient (Wildman–Crippen LogP) is 4.47. The number of carbonyl (C=O) groups excluding carboxylic acids is 1. The highest BCUT2D eigenvalue weighted by molar-refractivity contribution is 5.86. The Morgan fingerprint density at radius 3 is 2.54 bits per heavy atom. The quantitative estimate of drug-likeness (QED) is 0.407. The number of anilines is 3. The zero-order valence-electron chi connectivity index (χ0n) is 20.4. The Balaban J connectivity index is 1.39. The zero-order chi connectivity index (χ0) is 24.2. The minimum absolute atomic E-state index is 0.256. The fraction of sp³-hybridized carbons (Fsp3) is 0.538. The summed E-state index contributed by atoms with van der Waals surface area (Å²) in [6, 6.07) is 9.17. The van der Waals surface area contributed by atoms with E-state index in [-0.39, 0.29) is 5.97 Å². The number of hydrogen-bond donors (Lipinski definition) is 3. The smallest absolute Gasteiger partial charge is 0.302 e. The van der Waals surface area contributed by atoms with E-state index in [2.05, 4.69) is 15.2 Å². The number of aromatic nitrogens is 4. The molecule has 9 nitrogen and oxygen atoms in total. The molecule has 2 fully saturated rings. The summed E-state index contributed by atoms with van der Waals surface area (Å²) in [5.41, 5.74) is 9.79. The molecule has 2 heterocycles. The summed E-state index contributed by atoms with van der Waals surface area (Å²) in [5.74, 6) is 1.08. The van der Waals surface area contributed by atoms with Crippen molar-refractivity contribution in [2.24, 2.45) is 5.73 Å². The maximum absolute atomic E-state index is 11.0. The second kappa shape index (κ2) is 10.6. The molecule has 186 valence electrons. The van der Waals surface area contributed by atoms with Gasteiger partial charge in [-0.15, -0.1) is 0 Å². The lowest BCUT2D eigenvalue weighted by molar-refractivity contribution is -0.140. The second-order valence-electron chi connectivity index (χ2n) is 9.83. The molecule has 5 rings (SSSR count). The van der Waals surface area contributed by atoms with Gasteiger partial charge in [-0.1, -0.05) is 25.0 Å². The Bertz CT molecular complexity index is 1150. The predicted molar refractivity (Wildman–Crippen MR) is 137 cm³/mol. The van der Waals surface area contributed by atoms with Crippen molar-refractivity contribution in [3.63, 3.8) is 0 Å². The monoisotopic (exact) mass is 477 g/mol. The number of hydrogen-bond acceptors (Lipinski definition) is 8. The first kappa shape index (κ1) is 23.5. The molecule has 2 aliphatic carbocycles. The molecule has 2 aromatic heterocycles. The minimum Gasteiger partial charge on any atom is -0.466 e. The summed E-state index contributed by atoms with van der Waals surface area (Å²) in [6.45, 7) is 1.81. The molecule has 0 aliphatic heterocycles. The molecular formula is C26H35N7O2. The van der Waals surface area contributed by atoms with E-state index in [0.717, 1.165) is 60.9 Å². The molecule has 9 heteroatoms. The van der Waals surface area contributed by atoms with Gasteiger partial charge in [0.25, 0.3) is 0 Å². The van der Waals surface area contributed by atoms with Crippen molar-refractivity contribution in [1.29, 1.82) is 0 Å². The molecule has 0 amide bonds. The van der Waals surface area contributed by atoms with Crippen molar-refractivity contribution in [2.45, 2.75) is 82.8 Å². The van der Waals surface area contributed by atoms with Crippen molar-refractivity contribution < 1.29 is 9.53 Å². The SMILES string of the molecule is CC(=O)OCCc1ccc(Nc2nc(NC3CCC(N)CC3)nc3c2ncn3C2CCCC2)cc1. The highest BCUT2D eigenvalue weighted by Gasteiger charge is 2.24. The molecule has 0 spiro atoms. The zero-order valence-corrected chi connectivity index (χ0v) is 20.4. The summed E-state index contributed by atoms with van der Waals surface area (Å²) >= 11 is 0. The van der Waals surface area contributed by atoms with E-state index < -0.39 is 0 Å². The fourth-order valence-electron chi connectivity index (χ4n) is 5.17. The summed E-state index contributed by atoms with van der Waals surface area (Å²) < 4.78 is 7.28. The Kier molecular flexibility index (Phi) is 7.13. The van der Waals surface area contributed by atoms with Gasteiger partial charge in [0, 0.05) is 37.2 Å². The molecule has 2 aliphatic rings. The third-order valence-electron chi connectivity index (χ3n) is 7.16. The number of ether oxygens (including phenoxy) is 1. The molecule has 0 saturated heterocycles. The summed E-state index contributed by atoms with van der Waals surface area (Å²) in [6.07, 6.45) is 11.5. The summed E-state index contributed by atoms with van der Waals surface area (Å²) in [4.78, 5) is 25.5. The third-order valence-corrected chi connectivity index (χ3v) is 7.16. The van der Waals surface area contributed by atoms with E-state index in [1.54, 1.807) is 0 Å². The average molecular weight is 478 g/mol. The molecule has 3 aromatic rings. The lowest BCUT2D eigenvalue weighted by atomic mass is 9.92. The number of esters is 1. The molecule has 4 N–H and O–H groups in total. The highest BCUT2D eigenvalue weighted by atomic mass is 16.5. The van der Waals surface area contributed by atoms with Crippen LogP contribution in [0.15, 0.2) is 30.6 Å². The van der Waals surface area contributed by atoms with Crippen LogP contribution in [0.4, 0.5) is 17.5 Å². The maximum atomic E-state index is 11.0. The standard InChI is InChI=1S/C26H35N7O2/c1-17(34)35-15-14-18-6-10-20(11-7-18)29-24-23-25(33(16-28-23)22-4-2-3-5-22)32-26(31-24)30-21-12-8-19(27)9-13-21/h6-7,10-11,16,19,21-22H,2-5,8-9,12-15,27H2,1H3,(H2,29,30,31,32). The van der Waals surface area contributed by atoms with Gasteiger partial charge >= 0.3 is 5.97 Å². The van der Waals surface area contributed by atoms with Crippen molar-refractivity contribution in [1.82, 2.24) is 19.5 Å². The lowest BCUT2D eigenvalue weighted by Crippen LogP contribution is -2.33. The molecule has 35 heavy (non-hydrogen) atoms. The first-order valence-electron chi connectivity index (χ1n) is 12.8. The first-order chi connectivity index (χ1) is 17.0. The van der Waals surface area contributed by atoms with Crippen LogP contribution in [-0.4, -0.2) is 44.2 Å². The molecule has 0 radical (unpaired) electrons. The van der Waals surface area contributed by atoms with Crippen molar-refractivity contribution in [3.05, 3.63) is 36.2 Å². The van der Waals surface area contributed by atoms with Gasteiger partial charge in [-0.25, -0.2) is 4.98 Å². The van der Waals surface area contributed by atoms with E-state index in [9.17, 15) is 4.79 Å². The topological polar surface area (TPSA) is 120 Å². The van der Waals surface area contributed by atoms with Crippen LogP contribution >= 0.6 is 0 Å². The van der Waals surface area contributed by atoms with Gasteiger partial charge in [0.05, 0.1) is 12.9 Å². The largest absolute Gasteiger partial charge is 0.466 e. The average Bonchev–Trinajstić information content (AvgIpc) is 3.52. The van der Waals surface area contributed by atoms with E-state index in [0.29, 0.717) is 42.9 Å². The van der Waals surface area contributed by atoms with Crippen molar-refractivity contribution >= 4 is 34.6 Å². The molecule has 2 saturated carbocycles. The number of fused-ring (bicyclic) bond motifs is 1. The Labute approximate surface area is 205 Å². The normalized spacial score (nSPS) is 20.7. The van der Waals surface area contributed by atoms with Crippen LogP contribution in [0.1, 0.15) is 69.9 Å². The van der Waals surface area contributed by atoms with Gasteiger partial charge < -0.3 is 25.7 Å². The number of nitrogens with zero attached hydrogens (tertiary/aromatic N) is 4. The van der Waals surface area contributed by atoms with Gasteiger partial charge in [-0.3, -0.25) is 4.79 Å². The Hall–Kier alpha value is -3.20. The van der Waals surface area contributed by atoms with Crippen molar-refractivity contribution in [2.75, 3.05) is 17.2 Å². The van der Waals surface area contributed by atoms with Crippen LogP contribution in [-0.2, 0) is 16.0 Å².